The highest BCUT2D eigenvalue weighted by atomic mass is 16.5. The minimum atomic E-state index is -0.0709. The lowest BCUT2D eigenvalue weighted by Crippen LogP contribution is -2.36. The summed E-state index contributed by atoms with van der Waals surface area (Å²) in [6, 6.07) is 15.9. The molecule has 29 heavy (non-hydrogen) atoms. The van der Waals surface area contributed by atoms with Gasteiger partial charge in [-0.2, -0.15) is 5.10 Å². The fraction of sp³-hybridized carbons (Fsp3) is 0.318. The van der Waals surface area contributed by atoms with Crippen LogP contribution in [0.25, 0.3) is 0 Å². The number of aromatic nitrogens is 3. The Balaban J connectivity index is 1.34. The molecule has 0 atom stereocenters. The van der Waals surface area contributed by atoms with Crippen LogP contribution in [-0.2, 0) is 24.4 Å². The molecule has 0 saturated carbocycles. The van der Waals surface area contributed by atoms with Crippen LogP contribution < -0.4 is 5.32 Å². The first-order chi connectivity index (χ1) is 14.3. The zero-order valence-electron chi connectivity index (χ0n) is 16.3. The number of morpholine rings is 1. The zero-order chi connectivity index (χ0) is 19.9. The summed E-state index contributed by atoms with van der Waals surface area (Å²) in [4.78, 5) is 18.9. The Bertz CT molecular complexity index is 919. The van der Waals surface area contributed by atoms with E-state index in [2.05, 4.69) is 38.5 Å². The first-order valence-corrected chi connectivity index (χ1v) is 9.84. The van der Waals surface area contributed by atoms with Gasteiger partial charge in [0, 0.05) is 31.7 Å². The van der Waals surface area contributed by atoms with E-state index in [1.165, 1.54) is 11.9 Å². The lowest BCUT2D eigenvalue weighted by molar-refractivity contribution is 0.0340. The average molecular weight is 391 g/mol. The summed E-state index contributed by atoms with van der Waals surface area (Å²) in [5.74, 6) is -0.0709. The Morgan fingerprint density at radius 2 is 1.76 bits per heavy atom. The van der Waals surface area contributed by atoms with Crippen molar-refractivity contribution in [3.8, 4) is 0 Å². The maximum Gasteiger partial charge on any atom is 0.251 e. The van der Waals surface area contributed by atoms with Crippen LogP contribution >= 0.6 is 0 Å². The molecule has 1 N–H and O–H groups in total. The smallest absolute Gasteiger partial charge is 0.251 e. The van der Waals surface area contributed by atoms with E-state index in [0.29, 0.717) is 18.7 Å². The van der Waals surface area contributed by atoms with Crippen LogP contribution in [0.4, 0.5) is 0 Å². The van der Waals surface area contributed by atoms with E-state index in [0.717, 1.165) is 44.0 Å². The van der Waals surface area contributed by atoms with Gasteiger partial charge in [0.05, 0.1) is 19.8 Å². The Morgan fingerprint density at radius 1 is 1.00 bits per heavy atom. The summed E-state index contributed by atoms with van der Waals surface area (Å²) < 4.78 is 7.18. The number of carbonyl (C=O) groups excluding carboxylic acids is 1. The lowest BCUT2D eigenvalue weighted by Gasteiger charge is -2.27. The molecule has 4 rings (SSSR count). The largest absolute Gasteiger partial charge is 0.379 e. The van der Waals surface area contributed by atoms with Crippen LogP contribution in [-0.4, -0.2) is 51.9 Å². The molecule has 0 aliphatic carbocycles. The van der Waals surface area contributed by atoms with Crippen LogP contribution in [0.1, 0.15) is 27.0 Å². The number of carbonyl (C=O) groups is 1. The van der Waals surface area contributed by atoms with Crippen molar-refractivity contribution in [1.29, 1.82) is 0 Å². The van der Waals surface area contributed by atoms with Crippen molar-refractivity contribution >= 4 is 5.91 Å². The van der Waals surface area contributed by atoms with Crippen molar-refractivity contribution in [2.24, 2.45) is 0 Å². The molecule has 1 saturated heterocycles. The lowest BCUT2D eigenvalue weighted by atomic mass is 10.1. The van der Waals surface area contributed by atoms with Crippen molar-refractivity contribution in [1.82, 2.24) is 25.0 Å². The second kappa shape index (κ2) is 9.45. The molecule has 150 valence electrons. The number of hydrogen-bond acceptors (Lipinski definition) is 5. The molecular formula is C22H25N5O2. The predicted octanol–water partition coefficient (Wildman–Crippen LogP) is 2.09. The number of nitrogens with zero attached hydrogens (tertiary/aromatic N) is 4. The summed E-state index contributed by atoms with van der Waals surface area (Å²) in [5.41, 5.74) is 4.12. The van der Waals surface area contributed by atoms with Gasteiger partial charge in [-0.25, -0.2) is 9.67 Å². The Morgan fingerprint density at radius 3 is 2.48 bits per heavy atom. The highest BCUT2D eigenvalue weighted by molar-refractivity contribution is 5.94. The highest BCUT2D eigenvalue weighted by Gasteiger charge is 2.13. The number of hydrogen-bond donors (Lipinski definition) is 1. The van der Waals surface area contributed by atoms with Crippen molar-refractivity contribution in [2.75, 3.05) is 26.3 Å². The number of amides is 1. The number of nitrogens with one attached hydrogen (secondary N) is 1. The van der Waals surface area contributed by atoms with Gasteiger partial charge in [0.15, 0.2) is 0 Å². The van der Waals surface area contributed by atoms with E-state index in [9.17, 15) is 4.79 Å². The minimum Gasteiger partial charge on any atom is -0.379 e. The Labute approximate surface area is 170 Å². The summed E-state index contributed by atoms with van der Waals surface area (Å²) in [7, 11) is 0. The third-order valence-electron chi connectivity index (χ3n) is 5.08. The Hall–Kier alpha value is -3.03. The van der Waals surface area contributed by atoms with Crippen molar-refractivity contribution < 1.29 is 9.53 Å². The first-order valence-electron chi connectivity index (χ1n) is 9.84. The van der Waals surface area contributed by atoms with Crippen molar-refractivity contribution in [3.63, 3.8) is 0 Å². The average Bonchev–Trinajstić information content (AvgIpc) is 3.27. The van der Waals surface area contributed by atoms with E-state index in [-0.39, 0.29) is 5.91 Å². The summed E-state index contributed by atoms with van der Waals surface area (Å²) in [5, 5.41) is 7.15. The minimum absolute atomic E-state index is 0.0709. The molecule has 0 bridgehead atoms. The molecule has 1 amide bonds. The predicted molar refractivity (Wildman–Crippen MR) is 109 cm³/mol. The fourth-order valence-electron chi connectivity index (χ4n) is 3.42. The molecule has 2 heterocycles. The van der Waals surface area contributed by atoms with E-state index in [1.807, 2.05) is 30.3 Å². The molecular weight excluding hydrogens is 366 g/mol. The molecule has 1 aliphatic rings. The molecule has 1 aliphatic heterocycles. The van der Waals surface area contributed by atoms with Gasteiger partial charge in [-0.3, -0.25) is 9.69 Å². The molecule has 1 aromatic heterocycles. The van der Waals surface area contributed by atoms with E-state index in [4.69, 9.17) is 4.74 Å². The second-order valence-corrected chi connectivity index (χ2v) is 7.13. The normalized spacial score (nSPS) is 14.6. The maximum absolute atomic E-state index is 12.6. The van der Waals surface area contributed by atoms with E-state index in [1.54, 1.807) is 11.0 Å². The number of ether oxygens (including phenoxy) is 1. The number of rotatable bonds is 7. The molecule has 3 aromatic rings. The highest BCUT2D eigenvalue weighted by Crippen LogP contribution is 2.13. The third kappa shape index (κ3) is 5.28. The number of benzene rings is 2. The molecule has 0 unspecified atom stereocenters. The van der Waals surface area contributed by atoms with Gasteiger partial charge in [0.1, 0.15) is 12.7 Å². The van der Waals surface area contributed by atoms with Gasteiger partial charge in [0.25, 0.3) is 5.91 Å². The van der Waals surface area contributed by atoms with Gasteiger partial charge in [-0.05, 0) is 28.8 Å². The van der Waals surface area contributed by atoms with Crippen LogP contribution in [0.3, 0.4) is 0 Å². The van der Waals surface area contributed by atoms with Crippen LogP contribution in [0.2, 0.25) is 0 Å². The standard InChI is InChI=1S/C22H25N5O2/c28-22(19-7-5-18(6-8-19)14-27-17-23-16-25-27)24-13-20-3-1-2-4-21(20)15-26-9-11-29-12-10-26/h1-8,16-17H,9-15H2,(H,24,28). The van der Waals surface area contributed by atoms with Gasteiger partial charge in [0.2, 0.25) is 0 Å². The fourth-order valence-corrected chi connectivity index (χ4v) is 3.42. The van der Waals surface area contributed by atoms with Gasteiger partial charge in [-0.15, -0.1) is 0 Å². The zero-order valence-corrected chi connectivity index (χ0v) is 16.3. The Kier molecular flexibility index (Phi) is 6.29. The molecule has 7 nitrogen and oxygen atoms in total. The third-order valence-corrected chi connectivity index (χ3v) is 5.08. The summed E-state index contributed by atoms with van der Waals surface area (Å²) in [6.07, 6.45) is 3.19. The molecule has 1 fully saturated rings. The van der Waals surface area contributed by atoms with Crippen molar-refractivity contribution in [3.05, 3.63) is 83.4 Å². The van der Waals surface area contributed by atoms with Crippen LogP contribution in [0, 0.1) is 0 Å². The van der Waals surface area contributed by atoms with E-state index < -0.39 is 0 Å². The molecule has 0 spiro atoms. The monoisotopic (exact) mass is 391 g/mol. The first kappa shape index (κ1) is 19.3. The molecule has 7 heteroatoms. The summed E-state index contributed by atoms with van der Waals surface area (Å²) in [6.45, 7) is 5.49. The molecule has 0 radical (unpaired) electrons. The summed E-state index contributed by atoms with van der Waals surface area (Å²) >= 11 is 0. The maximum atomic E-state index is 12.6. The van der Waals surface area contributed by atoms with Crippen LogP contribution in [0.15, 0.2) is 61.2 Å². The second-order valence-electron chi connectivity index (χ2n) is 7.13. The topological polar surface area (TPSA) is 72.3 Å². The van der Waals surface area contributed by atoms with Gasteiger partial charge >= 0.3 is 0 Å². The SMILES string of the molecule is O=C(NCc1ccccc1CN1CCOCC1)c1ccc(Cn2cncn2)cc1. The van der Waals surface area contributed by atoms with Gasteiger partial charge < -0.3 is 10.1 Å². The quantitative estimate of drug-likeness (QED) is 0.668. The molecule has 2 aromatic carbocycles. The van der Waals surface area contributed by atoms with E-state index >= 15 is 0 Å². The van der Waals surface area contributed by atoms with Crippen molar-refractivity contribution in [2.45, 2.75) is 19.6 Å². The van der Waals surface area contributed by atoms with Crippen LogP contribution in [0.5, 0.6) is 0 Å². The van der Waals surface area contributed by atoms with Gasteiger partial charge in [-0.1, -0.05) is 36.4 Å².